The van der Waals surface area contributed by atoms with E-state index in [4.69, 9.17) is 0 Å². The minimum Gasteiger partial charge on any atom is -0.347 e. The summed E-state index contributed by atoms with van der Waals surface area (Å²) in [5.41, 5.74) is 1.93. The third-order valence-corrected chi connectivity index (χ3v) is 3.85. The number of amides is 1. The molecule has 1 aromatic carbocycles. The molecule has 0 saturated carbocycles. The molecule has 0 bridgehead atoms. The van der Waals surface area contributed by atoms with Gasteiger partial charge < -0.3 is 9.88 Å². The van der Waals surface area contributed by atoms with Crippen LogP contribution in [0.4, 0.5) is 0 Å². The number of carbonyl (C=O) groups excluding carboxylic acids is 1. The highest BCUT2D eigenvalue weighted by Crippen LogP contribution is 2.10. The van der Waals surface area contributed by atoms with E-state index in [0.29, 0.717) is 18.7 Å². The molecule has 3 aromatic rings. The topological polar surface area (TPSA) is 61.9 Å². The largest absolute Gasteiger partial charge is 0.347 e. The van der Waals surface area contributed by atoms with Gasteiger partial charge in [0.15, 0.2) is 0 Å². The van der Waals surface area contributed by atoms with Crippen LogP contribution in [-0.4, -0.2) is 32.3 Å². The van der Waals surface area contributed by atoms with Crippen LogP contribution in [0.25, 0.3) is 0 Å². The van der Waals surface area contributed by atoms with E-state index in [0.717, 1.165) is 18.7 Å². The molecule has 1 N–H and O–H groups in total. The van der Waals surface area contributed by atoms with Gasteiger partial charge in [0.05, 0.1) is 6.54 Å². The van der Waals surface area contributed by atoms with Gasteiger partial charge in [-0.2, -0.15) is 0 Å². The number of aromatic nitrogens is 3. The molecule has 0 radical (unpaired) electrons. The Morgan fingerprint density at radius 2 is 1.83 bits per heavy atom. The first-order valence-corrected chi connectivity index (χ1v) is 8.04. The molecule has 2 heterocycles. The average molecular weight is 320 g/mol. The Morgan fingerprint density at radius 1 is 1.04 bits per heavy atom. The number of imidazole rings is 1. The van der Waals surface area contributed by atoms with E-state index < -0.39 is 0 Å². The Kier molecular flexibility index (Phi) is 5.35. The van der Waals surface area contributed by atoms with Crippen molar-refractivity contribution in [1.29, 1.82) is 0 Å². The summed E-state index contributed by atoms with van der Waals surface area (Å²) in [4.78, 5) is 25.9. The Labute approximate surface area is 141 Å². The van der Waals surface area contributed by atoms with Crippen LogP contribution in [0.5, 0.6) is 0 Å². The third-order valence-electron chi connectivity index (χ3n) is 3.85. The average Bonchev–Trinajstić information content (AvgIpc) is 3.15. The van der Waals surface area contributed by atoms with E-state index in [-0.39, 0.29) is 5.91 Å². The minimum absolute atomic E-state index is 0.00172. The van der Waals surface area contributed by atoms with E-state index >= 15 is 0 Å². The Morgan fingerprint density at radius 3 is 2.54 bits per heavy atom. The second-order valence-electron chi connectivity index (χ2n) is 5.59. The lowest BCUT2D eigenvalue weighted by Gasteiger charge is -2.22. The van der Waals surface area contributed by atoms with Crippen LogP contribution in [0.15, 0.2) is 67.3 Å². The number of pyridine rings is 1. The van der Waals surface area contributed by atoms with Gasteiger partial charge in [-0.25, -0.2) is 4.98 Å². The van der Waals surface area contributed by atoms with Crippen LogP contribution in [-0.2, 0) is 13.0 Å². The molecule has 3 rings (SSSR count). The van der Waals surface area contributed by atoms with Gasteiger partial charge in [0.2, 0.25) is 0 Å². The second-order valence-corrected chi connectivity index (χ2v) is 5.59. The standard InChI is InChI=1S/C19H20N4O/c24-19(17-8-10-20-11-9-17)23(15-18-21-12-13-22-18)14-4-7-16-5-2-1-3-6-16/h1-3,5-6,8-13H,4,7,14-15H2,(H,21,22). The summed E-state index contributed by atoms with van der Waals surface area (Å²) < 4.78 is 0. The first-order valence-electron chi connectivity index (χ1n) is 8.04. The molecular weight excluding hydrogens is 300 g/mol. The summed E-state index contributed by atoms with van der Waals surface area (Å²) in [6, 6.07) is 13.8. The summed E-state index contributed by atoms with van der Waals surface area (Å²) in [6.07, 6.45) is 8.61. The molecule has 1 amide bonds. The van der Waals surface area contributed by atoms with E-state index in [2.05, 4.69) is 27.1 Å². The van der Waals surface area contributed by atoms with E-state index in [1.807, 2.05) is 23.1 Å². The number of benzene rings is 1. The van der Waals surface area contributed by atoms with Gasteiger partial charge in [-0.05, 0) is 30.5 Å². The smallest absolute Gasteiger partial charge is 0.254 e. The molecule has 0 fully saturated rings. The van der Waals surface area contributed by atoms with Crippen molar-refractivity contribution in [1.82, 2.24) is 19.9 Å². The molecule has 24 heavy (non-hydrogen) atoms. The Hall–Kier alpha value is -2.95. The summed E-state index contributed by atoms with van der Waals surface area (Å²) in [7, 11) is 0. The molecule has 5 nitrogen and oxygen atoms in total. The summed E-state index contributed by atoms with van der Waals surface area (Å²) in [5, 5.41) is 0. The molecule has 2 aromatic heterocycles. The molecule has 122 valence electrons. The maximum atomic E-state index is 12.8. The lowest BCUT2D eigenvalue weighted by molar-refractivity contribution is 0.0737. The Bertz CT molecular complexity index is 742. The van der Waals surface area contributed by atoms with Crippen LogP contribution in [0.3, 0.4) is 0 Å². The van der Waals surface area contributed by atoms with Crippen LogP contribution >= 0.6 is 0 Å². The molecule has 0 aliphatic heterocycles. The zero-order chi connectivity index (χ0) is 16.6. The molecule has 0 atom stereocenters. The molecule has 0 aliphatic carbocycles. The van der Waals surface area contributed by atoms with Gasteiger partial charge in [0, 0.05) is 36.9 Å². The van der Waals surface area contributed by atoms with Gasteiger partial charge >= 0.3 is 0 Å². The van der Waals surface area contributed by atoms with Crippen molar-refractivity contribution in [2.45, 2.75) is 19.4 Å². The third kappa shape index (κ3) is 4.29. The van der Waals surface area contributed by atoms with Gasteiger partial charge in [-0.1, -0.05) is 30.3 Å². The van der Waals surface area contributed by atoms with Crippen molar-refractivity contribution in [3.8, 4) is 0 Å². The monoisotopic (exact) mass is 320 g/mol. The van der Waals surface area contributed by atoms with Gasteiger partial charge in [-0.3, -0.25) is 9.78 Å². The van der Waals surface area contributed by atoms with Gasteiger partial charge in [-0.15, -0.1) is 0 Å². The molecule has 0 unspecified atom stereocenters. The lowest BCUT2D eigenvalue weighted by Crippen LogP contribution is -2.32. The van der Waals surface area contributed by atoms with Crippen LogP contribution in [0.2, 0.25) is 0 Å². The van der Waals surface area contributed by atoms with Crippen molar-refractivity contribution < 1.29 is 4.79 Å². The number of carbonyl (C=O) groups is 1. The van der Waals surface area contributed by atoms with Crippen LogP contribution in [0, 0.1) is 0 Å². The second kappa shape index (κ2) is 8.06. The van der Waals surface area contributed by atoms with Gasteiger partial charge in [0.1, 0.15) is 5.82 Å². The summed E-state index contributed by atoms with van der Waals surface area (Å²) >= 11 is 0. The predicted molar refractivity (Wildman–Crippen MR) is 92.3 cm³/mol. The zero-order valence-electron chi connectivity index (χ0n) is 13.4. The number of aromatic amines is 1. The number of rotatable bonds is 7. The first-order chi connectivity index (χ1) is 11.8. The van der Waals surface area contributed by atoms with E-state index in [9.17, 15) is 4.79 Å². The van der Waals surface area contributed by atoms with Crippen molar-refractivity contribution in [3.05, 3.63) is 84.2 Å². The SMILES string of the molecule is O=C(c1ccncc1)N(CCCc1ccccc1)Cc1ncc[nH]1. The first kappa shape index (κ1) is 15.9. The van der Waals surface area contributed by atoms with E-state index in [1.165, 1.54) is 5.56 Å². The maximum Gasteiger partial charge on any atom is 0.254 e. The minimum atomic E-state index is 0.00172. The van der Waals surface area contributed by atoms with E-state index in [1.54, 1.807) is 36.9 Å². The van der Waals surface area contributed by atoms with Crippen molar-refractivity contribution in [2.75, 3.05) is 6.54 Å². The number of hydrogen-bond acceptors (Lipinski definition) is 3. The number of hydrogen-bond donors (Lipinski definition) is 1. The normalized spacial score (nSPS) is 10.5. The number of nitrogens with zero attached hydrogens (tertiary/aromatic N) is 3. The fourth-order valence-corrected chi connectivity index (χ4v) is 2.61. The summed E-state index contributed by atoms with van der Waals surface area (Å²) in [6.45, 7) is 1.15. The number of H-pyrrole nitrogens is 1. The summed E-state index contributed by atoms with van der Waals surface area (Å²) in [5.74, 6) is 0.791. The highest BCUT2D eigenvalue weighted by Gasteiger charge is 2.16. The van der Waals surface area contributed by atoms with Crippen LogP contribution < -0.4 is 0 Å². The van der Waals surface area contributed by atoms with Gasteiger partial charge in [0.25, 0.3) is 5.91 Å². The Balaban J connectivity index is 1.66. The molecule has 0 spiro atoms. The maximum absolute atomic E-state index is 12.8. The highest BCUT2D eigenvalue weighted by atomic mass is 16.2. The van der Waals surface area contributed by atoms with Crippen molar-refractivity contribution >= 4 is 5.91 Å². The quantitative estimate of drug-likeness (QED) is 0.728. The molecule has 0 aliphatic rings. The predicted octanol–water partition coefficient (Wildman–Crippen LogP) is 3.08. The van der Waals surface area contributed by atoms with Crippen LogP contribution in [0.1, 0.15) is 28.2 Å². The van der Waals surface area contributed by atoms with Crippen molar-refractivity contribution in [2.24, 2.45) is 0 Å². The zero-order valence-corrected chi connectivity index (χ0v) is 13.4. The highest BCUT2D eigenvalue weighted by molar-refractivity contribution is 5.93. The molecular formula is C19H20N4O. The fourth-order valence-electron chi connectivity index (χ4n) is 2.61. The molecule has 5 heteroatoms. The number of nitrogens with one attached hydrogen (secondary N) is 1. The molecule has 0 saturated heterocycles. The fraction of sp³-hybridized carbons (Fsp3) is 0.211. The number of aryl methyl sites for hydroxylation is 1. The van der Waals surface area contributed by atoms with Crippen molar-refractivity contribution in [3.63, 3.8) is 0 Å². The lowest BCUT2D eigenvalue weighted by atomic mass is 10.1.